The second-order valence-electron chi connectivity index (χ2n) is 6.10. The predicted octanol–water partition coefficient (Wildman–Crippen LogP) is 2.89. The lowest BCUT2D eigenvalue weighted by Crippen LogP contribution is -2.44. The molecular weight excluding hydrogens is 337 g/mol. The lowest BCUT2D eigenvalue weighted by atomic mass is 10.1. The second-order valence-corrected chi connectivity index (χ2v) is 6.10. The summed E-state index contributed by atoms with van der Waals surface area (Å²) in [5.74, 6) is -1.53. The fourth-order valence-corrected chi connectivity index (χ4v) is 2.73. The summed E-state index contributed by atoms with van der Waals surface area (Å²) in [6, 6.07) is 12.9. The van der Waals surface area contributed by atoms with E-state index in [-0.39, 0.29) is 11.5 Å². The van der Waals surface area contributed by atoms with Gasteiger partial charge < -0.3 is 14.4 Å². The molecule has 5 nitrogen and oxygen atoms in total. The number of carbonyl (C=O) groups is 2. The normalized spacial score (nSPS) is 15.4. The smallest absolute Gasteiger partial charge is 0.339 e. The standard InChI is InChI=1S/C20H20FNO4/c1-14-7-8-16(13-17(14)21)20(24)26-18(15-5-3-2-4-6-15)19(23)22-9-11-25-12-10-22/h2-8,13,18H,9-12H2,1H3/t18-/m1/s1. The molecule has 0 unspecified atom stereocenters. The third-order valence-corrected chi connectivity index (χ3v) is 4.28. The number of ether oxygens (including phenoxy) is 2. The fraction of sp³-hybridized carbons (Fsp3) is 0.300. The van der Waals surface area contributed by atoms with Crippen LogP contribution in [0.4, 0.5) is 4.39 Å². The van der Waals surface area contributed by atoms with Gasteiger partial charge in [0.1, 0.15) is 5.82 Å². The molecule has 0 spiro atoms. The molecule has 1 aliphatic rings. The first-order valence-electron chi connectivity index (χ1n) is 8.45. The van der Waals surface area contributed by atoms with Crippen molar-refractivity contribution in [1.82, 2.24) is 4.90 Å². The molecule has 136 valence electrons. The number of amides is 1. The highest BCUT2D eigenvalue weighted by Gasteiger charge is 2.30. The molecule has 2 aromatic carbocycles. The van der Waals surface area contributed by atoms with Gasteiger partial charge in [-0.05, 0) is 24.6 Å². The van der Waals surface area contributed by atoms with Crippen molar-refractivity contribution in [2.24, 2.45) is 0 Å². The number of morpholine rings is 1. The first-order chi connectivity index (χ1) is 12.6. The van der Waals surface area contributed by atoms with Crippen molar-refractivity contribution in [3.63, 3.8) is 0 Å². The Bertz CT molecular complexity index is 788. The van der Waals surface area contributed by atoms with Crippen molar-refractivity contribution in [1.29, 1.82) is 0 Å². The van der Waals surface area contributed by atoms with Crippen molar-refractivity contribution in [2.75, 3.05) is 26.3 Å². The van der Waals surface area contributed by atoms with E-state index in [4.69, 9.17) is 9.47 Å². The minimum atomic E-state index is -1.08. The maximum atomic E-state index is 13.8. The Kier molecular flexibility index (Phi) is 5.63. The Balaban J connectivity index is 1.84. The number of benzene rings is 2. The van der Waals surface area contributed by atoms with E-state index < -0.39 is 17.9 Å². The maximum Gasteiger partial charge on any atom is 0.339 e. The summed E-state index contributed by atoms with van der Waals surface area (Å²) in [6.45, 7) is 3.39. The van der Waals surface area contributed by atoms with Crippen LogP contribution in [0.3, 0.4) is 0 Å². The molecule has 1 amide bonds. The third kappa shape index (κ3) is 4.08. The van der Waals surface area contributed by atoms with Gasteiger partial charge in [-0.1, -0.05) is 36.4 Å². The van der Waals surface area contributed by atoms with Crippen LogP contribution in [0.25, 0.3) is 0 Å². The van der Waals surface area contributed by atoms with E-state index in [1.54, 1.807) is 36.1 Å². The Morgan fingerprint density at radius 2 is 1.81 bits per heavy atom. The van der Waals surface area contributed by atoms with Crippen LogP contribution in [-0.2, 0) is 14.3 Å². The van der Waals surface area contributed by atoms with E-state index in [2.05, 4.69) is 0 Å². The molecule has 1 atom stereocenters. The van der Waals surface area contributed by atoms with E-state index in [0.717, 1.165) is 6.07 Å². The van der Waals surface area contributed by atoms with Gasteiger partial charge in [0.05, 0.1) is 18.8 Å². The monoisotopic (exact) mass is 357 g/mol. The summed E-state index contributed by atoms with van der Waals surface area (Å²) in [5, 5.41) is 0. The van der Waals surface area contributed by atoms with Crippen LogP contribution in [0, 0.1) is 12.7 Å². The largest absolute Gasteiger partial charge is 0.444 e. The third-order valence-electron chi connectivity index (χ3n) is 4.28. The van der Waals surface area contributed by atoms with Crippen LogP contribution in [-0.4, -0.2) is 43.1 Å². The number of nitrogens with zero attached hydrogens (tertiary/aromatic N) is 1. The van der Waals surface area contributed by atoms with Gasteiger partial charge in [-0.25, -0.2) is 9.18 Å². The molecule has 6 heteroatoms. The predicted molar refractivity (Wildman–Crippen MR) is 93.1 cm³/mol. The lowest BCUT2D eigenvalue weighted by molar-refractivity contribution is -0.145. The summed E-state index contributed by atoms with van der Waals surface area (Å²) >= 11 is 0. The van der Waals surface area contributed by atoms with E-state index in [9.17, 15) is 14.0 Å². The molecule has 26 heavy (non-hydrogen) atoms. The summed E-state index contributed by atoms with van der Waals surface area (Å²) in [4.78, 5) is 27.0. The van der Waals surface area contributed by atoms with Gasteiger partial charge in [-0.15, -0.1) is 0 Å². The molecule has 1 fully saturated rings. The molecule has 1 aliphatic heterocycles. The van der Waals surface area contributed by atoms with Crippen LogP contribution >= 0.6 is 0 Å². The highest BCUT2D eigenvalue weighted by Crippen LogP contribution is 2.23. The van der Waals surface area contributed by atoms with Crippen LogP contribution in [0.1, 0.15) is 27.6 Å². The van der Waals surface area contributed by atoms with Gasteiger partial charge in [-0.2, -0.15) is 0 Å². The van der Waals surface area contributed by atoms with Crippen LogP contribution in [0.5, 0.6) is 0 Å². The van der Waals surface area contributed by atoms with Crippen LogP contribution in [0.2, 0.25) is 0 Å². The first-order valence-corrected chi connectivity index (χ1v) is 8.45. The molecule has 0 aliphatic carbocycles. The molecule has 0 radical (unpaired) electrons. The average Bonchev–Trinajstić information content (AvgIpc) is 2.69. The van der Waals surface area contributed by atoms with Crippen molar-refractivity contribution in [3.8, 4) is 0 Å². The minimum Gasteiger partial charge on any atom is -0.444 e. The highest BCUT2D eigenvalue weighted by molar-refractivity contribution is 5.92. The van der Waals surface area contributed by atoms with Crippen molar-refractivity contribution in [2.45, 2.75) is 13.0 Å². The zero-order valence-electron chi connectivity index (χ0n) is 14.5. The fourth-order valence-electron chi connectivity index (χ4n) is 2.73. The maximum absolute atomic E-state index is 13.8. The average molecular weight is 357 g/mol. The van der Waals surface area contributed by atoms with Gasteiger partial charge >= 0.3 is 5.97 Å². The number of hydrogen-bond acceptors (Lipinski definition) is 4. The van der Waals surface area contributed by atoms with Gasteiger partial charge in [0.2, 0.25) is 6.10 Å². The Morgan fingerprint density at radius 1 is 1.12 bits per heavy atom. The van der Waals surface area contributed by atoms with Crippen molar-refractivity contribution in [3.05, 3.63) is 71.0 Å². The lowest BCUT2D eigenvalue weighted by Gasteiger charge is -2.30. The number of esters is 1. The zero-order valence-corrected chi connectivity index (χ0v) is 14.5. The van der Waals surface area contributed by atoms with Gasteiger partial charge in [0.25, 0.3) is 5.91 Å². The summed E-state index contributed by atoms with van der Waals surface area (Å²) in [6.07, 6.45) is -1.08. The SMILES string of the molecule is Cc1ccc(C(=O)O[C@@H](C(=O)N2CCOCC2)c2ccccc2)cc1F. The molecule has 3 rings (SSSR count). The Hall–Kier alpha value is -2.73. The zero-order chi connectivity index (χ0) is 18.5. The van der Waals surface area contributed by atoms with E-state index >= 15 is 0 Å². The van der Waals surface area contributed by atoms with Gasteiger partial charge in [0.15, 0.2) is 0 Å². The highest BCUT2D eigenvalue weighted by atomic mass is 19.1. The van der Waals surface area contributed by atoms with E-state index in [1.807, 2.05) is 6.07 Å². The molecule has 0 saturated carbocycles. The van der Waals surface area contributed by atoms with E-state index in [1.165, 1.54) is 12.1 Å². The number of halogens is 1. The molecule has 0 aromatic heterocycles. The molecule has 1 heterocycles. The van der Waals surface area contributed by atoms with E-state index in [0.29, 0.717) is 37.4 Å². The Morgan fingerprint density at radius 3 is 2.46 bits per heavy atom. The molecule has 2 aromatic rings. The number of carbonyl (C=O) groups excluding carboxylic acids is 2. The molecule has 0 bridgehead atoms. The van der Waals surface area contributed by atoms with Gasteiger partial charge in [-0.3, -0.25) is 4.79 Å². The summed E-state index contributed by atoms with van der Waals surface area (Å²) in [7, 11) is 0. The summed E-state index contributed by atoms with van der Waals surface area (Å²) < 4.78 is 24.5. The molecule has 0 N–H and O–H groups in total. The number of aryl methyl sites for hydroxylation is 1. The minimum absolute atomic E-state index is 0.0730. The summed E-state index contributed by atoms with van der Waals surface area (Å²) in [5.41, 5.74) is 1.08. The van der Waals surface area contributed by atoms with Gasteiger partial charge in [0, 0.05) is 18.7 Å². The van der Waals surface area contributed by atoms with Crippen molar-refractivity contribution < 1.29 is 23.5 Å². The second kappa shape index (κ2) is 8.10. The first kappa shape index (κ1) is 18.1. The molecular formula is C20H20FNO4. The van der Waals surface area contributed by atoms with Crippen molar-refractivity contribution >= 4 is 11.9 Å². The van der Waals surface area contributed by atoms with Crippen LogP contribution < -0.4 is 0 Å². The quantitative estimate of drug-likeness (QED) is 0.790. The van der Waals surface area contributed by atoms with Crippen LogP contribution in [0.15, 0.2) is 48.5 Å². The Labute approximate surface area is 151 Å². The number of hydrogen-bond donors (Lipinski definition) is 0. The number of rotatable bonds is 4. The molecule has 1 saturated heterocycles. The topological polar surface area (TPSA) is 55.8 Å².